The predicted molar refractivity (Wildman–Crippen MR) is 103 cm³/mol. The van der Waals surface area contributed by atoms with Crippen LogP contribution in [-0.4, -0.2) is 101 Å². The Balaban J connectivity index is 1.73. The maximum Gasteiger partial charge on any atom is 0.240 e. The van der Waals surface area contributed by atoms with Crippen LogP contribution in [0.25, 0.3) is 10.4 Å². The van der Waals surface area contributed by atoms with E-state index in [0.717, 1.165) is 6.42 Å². The van der Waals surface area contributed by atoms with Crippen molar-refractivity contribution in [3.63, 3.8) is 0 Å². The van der Waals surface area contributed by atoms with Gasteiger partial charge in [-0.1, -0.05) is 17.3 Å². The van der Waals surface area contributed by atoms with Gasteiger partial charge >= 0.3 is 0 Å². The minimum atomic E-state index is -1.61. The second-order valence-electron chi connectivity index (χ2n) is 7.95. The first-order chi connectivity index (χ1) is 14.3. The molecule has 12 nitrogen and oxygen atoms in total. The number of fused-ring (bicyclic) bond motifs is 1. The Bertz CT molecular complexity index is 686. The largest absolute Gasteiger partial charge is 0.391 e. The number of nitrogens with one attached hydrogen (secondary N) is 2. The lowest BCUT2D eigenvalue weighted by Gasteiger charge is -2.44. The molecule has 30 heavy (non-hydrogen) atoms. The van der Waals surface area contributed by atoms with E-state index in [2.05, 4.69) is 20.7 Å². The molecule has 0 aromatic carbocycles. The molecule has 2 fully saturated rings. The molecule has 0 aliphatic carbocycles. The van der Waals surface area contributed by atoms with E-state index in [1.165, 1.54) is 6.92 Å². The van der Waals surface area contributed by atoms with Crippen LogP contribution < -0.4 is 10.6 Å². The van der Waals surface area contributed by atoms with Crippen molar-refractivity contribution in [3.05, 3.63) is 22.6 Å². The minimum absolute atomic E-state index is 0.145. The first kappa shape index (κ1) is 22.9. The fraction of sp³-hybridized carbons (Fsp3) is 0.833. The van der Waals surface area contributed by atoms with E-state index < -0.39 is 54.6 Å². The molecule has 3 aliphatic rings. The number of allylic oxidation sites excluding steroid dienone is 1. The lowest BCUT2D eigenvalue weighted by molar-refractivity contribution is -0.230. The SMILES string of the molecule is C[C@@H](O)[C@@H](NC(=O)[C@H]1NC[C@@H]2CC=CCO[C@H]21)[C@H]1OC(CN=[N+]=[N-])[C@H](O)[C@H](O)C1O. The van der Waals surface area contributed by atoms with Crippen LogP contribution in [0.15, 0.2) is 17.3 Å². The Morgan fingerprint density at radius 3 is 2.80 bits per heavy atom. The Hall–Kier alpha value is -1.76. The average Bonchev–Trinajstić information content (AvgIpc) is 2.98. The highest BCUT2D eigenvalue weighted by Crippen LogP contribution is 2.27. The Morgan fingerprint density at radius 1 is 1.33 bits per heavy atom. The molecule has 168 valence electrons. The van der Waals surface area contributed by atoms with E-state index >= 15 is 0 Å². The smallest absolute Gasteiger partial charge is 0.240 e. The Labute approximate surface area is 173 Å². The molecular formula is C18H29N5O7. The van der Waals surface area contributed by atoms with E-state index in [4.69, 9.17) is 15.0 Å². The summed E-state index contributed by atoms with van der Waals surface area (Å²) in [4.78, 5) is 15.6. The third-order valence-corrected chi connectivity index (χ3v) is 5.92. The van der Waals surface area contributed by atoms with Crippen LogP contribution in [0.3, 0.4) is 0 Å². The van der Waals surface area contributed by atoms with Crippen molar-refractivity contribution >= 4 is 5.91 Å². The van der Waals surface area contributed by atoms with Crippen molar-refractivity contribution in [2.75, 3.05) is 19.7 Å². The van der Waals surface area contributed by atoms with Gasteiger partial charge < -0.3 is 40.5 Å². The van der Waals surface area contributed by atoms with Gasteiger partial charge in [0.05, 0.1) is 37.5 Å². The van der Waals surface area contributed by atoms with Gasteiger partial charge in [0.25, 0.3) is 0 Å². The third-order valence-electron chi connectivity index (χ3n) is 5.92. The number of aliphatic hydroxyl groups is 4. The predicted octanol–water partition coefficient (Wildman–Crippen LogP) is -2.05. The molecule has 0 bridgehead atoms. The number of azide groups is 1. The van der Waals surface area contributed by atoms with Crippen LogP contribution in [0, 0.1) is 5.92 Å². The summed E-state index contributed by atoms with van der Waals surface area (Å²) in [6, 6.07) is -1.74. The van der Waals surface area contributed by atoms with Gasteiger partial charge in [0.2, 0.25) is 5.91 Å². The lowest BCUT2D eigenvalue weighted by atomic mass is 9.89. The molecule has 2 saturated heterocycles. The number of hydrogen-bond acceptors (Lipinski definition) is 9. The molecule has 0 aromatic rings. The zero-order valence-corrected chi connectivity index (χ0v) is 16.6. The number of ether oxygens (including phenoxy) is 2. The van der Waals surface area contributed by atoms with Gasteiger partial charge in [0, 0.05) is 17.4 Å². The van der Waals surface area contributed by atoms with Gasteiger partial charge in [-0.15, -0.1) is 0 Å². The molecule has 3 aliphatic heterocycles. The van der Waals surface area contributed by atoms with Crippen molar-refractivity contribution in [2.24, 2.45) is 11.0 Å². The first-order valence-electron chi connectivity index (χ1n) is 10.0. The summed E-state index contributed by atoms with van der Waals surface area (Å²) in [5, 5.41) is 50.1. The molecule has 6 N–H and O–H groups in total. The zero-order valence-electron chi connectivity index (χ0n) is 16.6. The van der Waals surface area contributed by atoms with Crippen molar-refractivity contribution in [2.45, 2.75) is 68.2 Å². The van der Waals surface area contributed by atoms with Gasteiger partial charge in [-0.05, 0) is 18.9 Å². The van der Waals surface area contributed by atoms with E-state index in [1.807, 2.05) is 12.2 Å². The summed E-state index contributed by atoms with van der Waals surface area (Å²) in [6.45, 7) is 2.14. The van der Waals surface area contributed by atoms with Gasteiger partial charge in [-0.3, -0.25) is 4.79 Å². The van der Waals surface area contributed by atoms with Gasteiger partial charge in [0.15, 0.2) is 0 Å². The van der Waals surface area contributed by atoms with Crippen molar-refractivity contribution < 1.29 is 34.7 Å². The molecule has 0 saturated carbocycles. The molecule has 3 heterocycles. The number of carbonyl (C=O) groups excluding carboxylic acids is 1. The fourth-order valence-electron chi connectivity index (χ4n) is 4.26. The molecule has 0 spiro atoms. The Morgan fingerprint density at radius 2 is 2.10 bits per heavy atom. The minimum Gasteiger partial charge on any atom is -0.391 e. The first-order valence-corrected chi connectivity index (χ1v) is 10.0. The fourth-order valence-corrected chi connectivity index (χ4v) is 4.26. The molecule has 3 rings (SSSR count). The van der Waals surface area contributed by atoms with Crippen LogP contribution in [0.2, 0.25) is 0 Å². The summed E-state index contributed by atoms with van der Waals surface area (Å²) >= 11 is 0. The highest BCUT2D eigenvalue weighted by Gasteiger charge is 2.49. The Kier molecular flexibility index (Phi) is 7.66. The van der Waals surface area contributed by atoms with Gasteiger partial charge in [0.1, 0.15) is 30.5 Å². The molecule has 10 atom stereocenters. The molecule has 2 unspecified atom stereocenters. The topological polar surface area (TPSA) is 189 Å². The van der Waals surface area contributed by atoms with Crippen molar-refractivity contribution in [1.82, 2.24) is 10.6 Å². The monoisotopic (exact) mass is 427 g/mol. The van der Waals surface area contributed by atoms with Crippen LogP contribution in [-0.2, 0) is 14.3 Å². The molecule has 1 amide bonds. The summed E-state index contributed by atoms with van der Waals surface area (Å²) in [5.74, 6) is -0.287. The maximum absolute atomic E-state index is 13.0. The summed E-state index contributed by atoms with van der Waals surface area (Å²) in [5.41, 5.74) is 8.51. The number of amides is 1. The van der Waals surface area contributed by atoms with Crippen LogP contribution in [0.1, 0.15) is 13.3 Å². The second-order valence-corrected chi connectivity index (χ2v) is 7.95. The number of nitrogens with zero attached hydrogens (tertiary/aromatic N) is 3. The summed E-state index contributed by atoms with van der Waals surface area (Å²) in [6.07, 6.45) is -3.78. The van der Waals surface area contributed by atoms with Crippen molar-refractivity contribution in [3.8, 4) is 0 Å². The van der Waals surface area contributed by atoms with Gasteiger partial charge in [-0.25, -0.2) is 0 Å². The standard InChI is InChI=1S/C18H29N5O7/c1-8(24)11(17-15(27)14(26)13(25)10(30-17)7-21-23-19)22-18(28)12-16-9(6-20-12)4-2-3-5-29-16/h2-3,8-17,20,24-27H,4-7H2,1H3,(H,22,28)/t8-,9+,10?,11-,12+,13+,14+,15?,16-,17-/m1/s1. The van der Waals surface area contributed by atoms with Gasteiger partial charge in [-0.2, -0.15) is 0 Å². The molecule has 0 aromatic heterocycles. The molecular weight excluding hydrogens is 398 g/mol. The number of hydrogen-bond donors (Lipinski definition) is 6. The quantitative estimate of drug-likeness (QED) is 0.121. The zero-order chi connectivity index (χ0) is 21.8. The number of rotatable bonds is 6. The molecule has 12 heteroatoms. The highest BCUT2D eigenvalue weighted by molar-refractivity contribution is 5.83. The van der Waals surface area contributed by atoms with Crippen molar-refractivity contribution in [1.29, 1.82) is 0 Å². The van der Waals surface area contributed by atoms with E-state index in [1.54, 1.807) is 0 Å². The molecule has 0 radical (unpaired) electrons. The van der Waals surface area contributed by atoms with Crippen LogP contribution >= 0.6 is 0 Å². The maximum atomic E-state index is 13.0. The summed E-state index contributed by atoms with van der Waals surface area (Å²) in [7, 11) is 0. The average molecular weight is 427 g/mol. The van der Waals surface area contributed by atoms with E-state index in [0.29, 0.717) is 13.2 Å². The number of aliphatic hydroxyl groups excluding tert-OH is 4. The van der Waals surface area contributed by atoms with Crippen LogP contribution in [0.5, 0.6) is 0 Å². The number of carbonyl (C=O) groups is 1. The second kappa shape index (κ2) is 10.0. The van der Waals surface area contributed by atoms with Crippen LogP contribution in [0.4, 0.5) is 0 Å². The lowest BCUT2D eigenvalue weighted by Crippen LogP contribution is -2.67. The highest BCUT2D eigenvalue weighted by atomic mass is 16.5. The normalized spacial score (nSPS) is 40.6. The van der Waals surface area contributed by atoms with E-state index in [-0.39, 0.29) is 18.6 Å². The van der Waals surface area contributed by atoms with E-state index in [9.17, 15) is 25.2 Å². The third kappa shape index (κ3) is 4.76. The summed E-state index contributed by atoms with van der Waals surface area (Å²) < 4.78 is 11.4.